The second kappa shape index (κ2) is 9.07. The standard InChI is InChI=1S/C16H24F2N2O/c17-16(18)13-21-11-8-19-15-6-9-20(10-7-15)12-14-4-2-1-3-5-14/h1-5,15-16,19H,6-13H2. The molecular formula is C16H24F2N2O. The molecule has 1 saturated heterocycles. The van der Waals surface area contributed by atoms with E-state index in [-0.39, 0.29) is 0 Å². The van der Waals surface area contributed by atoms with Crippen LogP contribution in [0.25, 0.3) is 0 Å². The summed E-state index contributed by atoms with van der Waals surface area (Å²) in [7, 11) is 0. The van der Waals surface area contributed by atoms with Gasteiger partial charge in [0.1, 0.15) is 6.61 Å². The van der Waals surface area contributed by atoms with Crippen molar-refractivity contribution < 1.29 is 13.5 Å². The Morgan fingerprint density at radius 2 is 1.90 bits per heavy atom. The first kappa shape index (κ1) is 16.3. The lowest BCUT2D eigenvalue weighted by molar-refractivity contribution is 0.0176. The van der Waals surface area contributed by atoms with Crippen molar-refractivity contribution >= 4 is 0 Å². The summed E-state index contributed by atoms with van der Waals surface area (Å²) in [5.74, 6) is 0. The van der Waals surface area contributed by atoms with Crippen LogP contribution in [0.15, 0.2) is 30.3 Å². The number of likely N-dealkylation sites (tertiary alicyclic amines) is 1. The number of benzene rings is 1. The van der Waals surface area contributed by atoms with Gasteiger partial charge in [0.15, 0.2) is 0 Å². The molecule has 1 aromatic carbocycles. The summed E-state index contributed by atoms with van der Waals surface area (Å²) in [5.41, 5.74) is 1.35. The van der Waals surface area contributed by atoms with Gasteiger partial charge < -0.3 is 10.1 Å². The third-order valence-electron chi connectivity index (χ3n) is 3.76. The van der Waals surface area contributed by atoms with E-state index in [1.54, 1.807) is 0 Å². The number of alkyl halides is 2. The minimum Gasteiger partial charge on any atom is -0.374 e. The molecule has 3 nitrogen and oxygen atoms in total. The van der Waals surface area contributed by atoms with E-state index in [9.17, 15) is 8.78 Å². The van der Waals surface area contributed by atoms with Crippen molar-refractivity contribution in [2.24, 2.45) is 0 Å². The van der Waals surface area contributed by atoms with Gasteiger partial charge in [0.05, 0.1) is 6.61 Å². The minimum atomic E-state index is -2.37. The summed E-state index contributed by atoms with van der Waals surface area (Å²) in [6, 6.07) is 11.0. The van der Waals surface area contributed by atoms with E-state index in [4.69, 9.17) is 4.74 Å². The van der Waals surface area contributed by atoms with Crippen LogP contribution in [0.2, 0.25) is 0 Å². The van der Waals surface area contributed by atoms with Crippen LogP contribution in [-0.2, 0) is 11.3 Å². The van der Waals surface area contributed by atoms with E-state index >= 15 is 0 Å². The highest BCUT2D eigenvalue weighted by Crippen LogP contribution is 2.13. The molecule has 1 fully saturated rings. The Balaban J connectivity index is 1.56. The molecule has 118 valence electrons. The second-order valence-electron chi connectivity index (χ2n) is 5.46. The van der Waals surface area contributed by atoms with Crippen LogP contribution in [0.1, 0.15) is 18.4 Å². The highest BCUT2D eigenvalue weighted by molar-refractivity contribution is 5.14. The van der Waals surface area contributed by atoms with Crippen LogP contribution in [0, 0.1) is 0 Å². The molecule has 21 heavy (non-hydrogen) atoms. The smallest absolute Gasteiger partial charge is 0.261 e. The summed E-state index contributed by atoms with van der Waals surface area (Å²) in [6.45, 7) is 3.70. The first-order valence-electron chi connectivity index (χ1n) is 7.59. The molecule has 1 heterocycles. The van der Waals surface area contributed by atoms with E-state index in [0.717, 1.165) is 32.5 Å². The zero-order valence-corrected chi connectivity index (χ0v) is 12.3. The average Bonchev–Trinajstić information content (AvgIpc) is 2.49. The quantitative estimate of drug-likeness (QED) is 0.746. The van der Waals surface area contributed by atoms with Crippen LogP contribution < -0.4 is 5.32 Å². The van der Waals surface area contributed by atoms with E-state index in [1.165, 1.54) is 5.56 Å². The number of piperidine rings is 1. The van der Waals surface area contributed by atoms with Gasteiger partial charge in [-0.15, -0.1) is 0 Å². The van der Waals surface area contributed by atoms with Gasteiger partial charge >= 0.3 is 0 Å². The molecule has 0 aliphatic carbocycles. The van der Waals surface area contributed by atoms with Crippen LogP contribution >= 0.6 is 0 Å². The number of nitrogens with zero attached hydrogens (tertiary/aromatic N) is 1. The van der Waals surface area contributed by atoms with E-state index in [1.807, 2.05) is 6.07 Å². The van der Waals surface area contributed by atoms with Crippen molar-refractivity contribution in [3.05, 3.63) is 35.9 Å². The van der Waals surface area contributed by atoms with Gasteiger partial charge in [-0.1, -0.05) is 30.3 Å². The summed E-state index contributed by atoms with van der Waals surface area (Å²) < 4.78 is 28.6. The van der Waals surface area contributed by atoms with Crippen LogP contribution in [0.3, 0.4) is 0 Å². The van der Waals surface area contributed by atoms with Crippen molar-refractivity contribution in [2.45, 2.75) is 31.9 Å². The molecule has 0 spiro atoms. The fourth-order valence-electron chi connectivity index (χ4n) is 2.64. The third kappa shape index (κ3) is 6.50. The Hall–Kier alpha value is -1.04. The van der Waals surface area contributed by atoms with Crippen molar-refractivity contribution in [2.75, 3.05) is 32.8 Å². The molecule has 5 heteroatoms. The molecular weight excluding hydrogens is 274 g/mol. The number of nitrogens with one attached hydrogen (secondary N) is 1. The van der Waals surface area contributed by atoms with Gasteiger partial charge in [-0.25, -0.2) is 8.78 Å². The number of hydrogen-bond donors (Lipinski definition) is 1. The number of ether oxygens (including phenoxy) is 1. The second-order valence-corrected chi connectivity index (χ2v) is 5.46. The van der Waals surface area contributed by atoms with E-state index < -0.39 is 13.0 Å². The Morgan fingerprint density at radius 3 is 2.57 bits per heavy atom. The Bertz CT molecular complexity index is 381. The van der Waals surface area contributed by atoms with Gasteiger partial charge in [0, 0.05) is 19.1 Å². The van der Waals surface area contributed by atoms with Gasteiger partial charge in [-0.3, -0.25) is 4.90 Å². The highest BCUT2D eigenvalue weighted by atomic mass is 19.3. The van der Waals surface area contributed by atoms with Gasteiger partial charge in [-0.2, -0.15) is 0 Å². The van der Waals surface area contributed by atoms with E-state index in [2.05, 4.69) is 34.5 Å². The molecule has 1 aromatic rings. The van der Waals surface area contributed by atoms with Crippen molar-refractivity contribution in [1.82, 2.24) is 10.2 Å². The van der Waals surface area contributed by atoms with Crippen LogP contribution in [0.5, 0.6) is 0 Å². The molecule has 1 N–H and O–H groups in total. The van der Waals surface area contributed by atoms with Gasteiger partial charge in [0.25, 0.3) is 6.43 Å². The summed E-state index contributed by atoms with van der Waals surface area (Å²) in [4.78, 5) is 2.46. The summed E-state index contributed by atoms with van der Waals surface area (Å²) in [6.07, 6.45) is -0.171. The molecule has 0 radical (unpaired) electrons. The summed E-state index contributed by atoms with van der Waals surface area (Å²) >= 11 is 0. The lowest BCUT2D eigenvalue weighted by atomic mass is 10.0. The molecule has 0 atom stereocenters. The van der Waals surface area contributed by atoms with Crippen LogP contribution in [0.4, 0.5) is 8.78 Å². The zero-order chi connectivity index (χ0) is 14.9. The number of hydrogen-bond acceptors (Lipinski definition) is 3. The van der Waals surface area contributed by atoms with Crippen molar-refractivity contribution in [3.8, 4) is 0 Å². The number of rotatable bonds is 8. The normalized spacial score (nSPS) is 17.5. The minimum absolute atomic E-state index is 0.356. The Kier molecular flexibility index (Phi) is 7.06. The maximum atomic E-state index is 11.9. The molecule has 0 amide bonds. The topological polar surface area (TPSA) is 24.5 Å². The Labute approximate surface area is 125 Å². The maximum Gasteiger partial charge on any atom is 0.261 e. The number of halogens is 2. The molecule has 0 aromatic heterocycles. The first-order valence-corrected chi connectivity index (χ1v) is 7.59. The molecule has 1 aliphatic heterocycles. The lowest BCUT2D eigenvalue weighted by Gasteiger charge is -2.32. The average molecular weight is 298 g/mol. The molecule has 0 bridgehead atoms. The summed E-state index contributed by atoms with van der Waals surface area (Å²) in [5, 5.41) is 3.38. The van der Waals surface area contributed by atoms with Gasteiger partial charge in [-0.05, 0) is 31.5 Å². The van der Waals surface area contributed by atoms with Crippen molar-refractivity contribution in [1.29, 1.82) is 0 Å². The first-order chi connectivity index (χ1) is 10.2. The predicted octanol–water partition coefficient (Wildman–Crippen LogP) is 2.52. The molecule has 1 aliphatic rings. The molecule has 2 rings (SSSR count). The maximum absolute atomic E-state index is 11.9. The third-order valence-corrected chi connectivity index (χ3v) is 3.76. The molecule has 0 unspecified atom stereocenters. The fourth-order valence-corrected chi connectivity index (χ4v) is 2.64. The van der Waals surface area contributed by atoms with Gasteiger partial charge in [0.2, 0.25) is 0 Å². The van der Waals surface area contributed by atoms with Crippen molar-refractivity contribution in [3.63, 3.8) is 0 Å². The fraction of sp³-hybridized carbons (Fsp3) is 0.625. The zero-order valence-electron chi connectivity index (χ0n) is 12.3. The van der Waals surface area contributed by atoms with E-state index in [0.29, 0.717) is 19.2 Å². The Morgan fingerprint density at radius 1 is 1.19 bits per heavy atom. The SMILES string of the molecule is FC(F)COCCNC1CCN(Cc2ccccc2)CC1. The molecule has 0 saturated carbocycles. The largest absolute Gasteiger partial charge is 0.374 e. The lowest BCUT2D eigenvalue weighted by Crippen LogP contribution is -2.43. The van der Waals surface area contributed by atoms with Crippen LogP contribution in [-0.4, -0.2) is 50.2 Å². The highest BCUT2D eigenvalue weighted by Gasteiger charge is 2.18. The monoisotopic (exact) mass is 298 g/mol. The predicted molar refractivity (Wildman–Crippen MR) is 79.6 cm³/mol.